The van der Waals surface area contributed by atoms with Crippen molar-refractivity contribution < 1.29 is 4.74 Å². The van der Waals surface area contributed by atoms with Gasteiger partial charge in [0, 0.05) is 11.6 Å². The van der Waals surface area contributed by atoms with Crippen molar-refractivity contribution in [2.45, 2.75) is 19.1 Å². The second-order valence-electron chi connectivity index (χ2n) is 5.14. The van der Waals surface area contributed by atoms with E-state index < -0.39 is 0 Å². The van der Waals surface area contributed by atoms with Crippen LogP contribution in [0.3, 0.4) is 0 Å². The van der Waals surface area contributed by atoms with Gasteiger partial charge in [-0.2, -0.15) is 9.64 Å². The number of hydrogen-bond acceptors (Lipinski definition) is 5. The lowest BCUT2D eigenvalue weighted by Gasteiger charge is -2.38. The van der Waals surface area contributed by atoms with Crippen molar-refractivity contribution in [2.24, 2.45) is 0 Å². The van der Waals surface area contributed by atoms with Gasteiger partial charge in [0.25, 0.3) is 0 Å². The summed E-state index contributed by atoms with van der Waals surface area (Å²) >= 11 is 13.3. The molecule has 4 nitrogen and oxygen atoms in total. The molecule has 0 spiro atoms. The summed E-state index contributed by atoms with van der Waals surface area (Å²) in [5.41, 5.74) is 1.46. The molecule has 7 heteroatoms. The van der Waals surface area contributed by atoms with E-state index in [-0.39, 0.29) is 17.3 Å². The molecule has 2 aromatic rings. The standard InChI is InChI=1S/C15H13Cl2N3OS/c1-9-8-21-13(10-3-2-4-11(16)5-10)7-20(9)15-12(6-18)14(17)19-22-15/h2-5,9,13H,7-8H2,1H3. The molecule has 0 amide bonds. The first-order chi connectivity index (χ1) is 10.6. The Morgan fingerprint density at radius 3 is 3.00 bits per heavy atom. The van der Waals surface area contributed by atoms with Crippen LogP contribution in [-0.4, -0.2) is 23.6 Å². The lowest BCUT2D eigenvalue weighted by molar-refractivity contribution is 0.0218. The summed E-state index contributed by atoms with van der Waals surface area (Å²) in [6.07, 6.45) is -0.0951. The van der Waals surface area contributed by atoms with Crippen molar-refractivity contribution >= 4 is 39.7 Å². The molecule has 1 aliphatic rings. The number of morpholine rings is 1. The Hall–Kier alpha value is -1.32. The van der Waals surface area contributed by atoms with Crippen LogP contribution < -0.4 is 4.90 Å². The largest absolute Gasteiger partial charge is 0.370 e. The van der Waals surface area contributed by atoms with Crippen LogP contribution in [0.2, 0.25) is 10.2 Å². The summed E-state index contributed by atoms with van der Waals surface area (Å²) in [5.74, 6) is 0. The van der Waals surface area contributed by atoms with E-state index in [1.54, 1.807) is 0 Å². The topological polar surface area (TPSA) is 49.1 Å². The fourth-order valence-electron chi connectivity index (χ4n) is 2.50. The smallest absolute Gasteiger partial charge is 0.162 e. The molecule has 0 radical (unpaired) electrons. The molecule has 22 heavy (non-hydrogen) atoms. The zero-order valence-corrected chi connectivity index (χ0v) is 14.1. The van der Waals surface area contributed by atoms with Crippen molar-refractivity contribution in [1.29, 1.82) is 5.26 Å². The van der Waals surface area contributed by atoms with E-state index in [1.165, 1.54) is 11.5 Å². The maximum absolute atomic E-state index is 9.28. The highest BCUT2D eigenvalue weighted by molar-refractivity contribution is 7.10. The number of halogens is 2. The van der Waals surface area contributed by atoms with E-state index in [4.69, 9.17) is 27.9 Å². The van der Waals surface area contributed by atoms with Crippen molar-refractivity contribution in [2.75, 3.05) is 18.1 Å². The number of nitriles is 1. The molecule has 3 rings (SSSR count). The van der Waals surface area contributed by atoms with Crippen LogP contribution in [0.4, 0.5) is 5.00 Å². The van der Waals surface area contributed by atoms with Gasteiger partial charge in [0.15, 0.2) is 5.15 Å². The second-order valence-corrected chi connectivity index (χ2v) is 6.69. The van der Waals surface area contributed by atoms with Gasteiger partial charge in [-0.1, -0.05) is 35.3 Å². The molecule has 2 atom stereocenters. The number of ether oxygens (including phenoxy) is 1. The van der Waals surface area contributed by atoms with Gasteiger partial charge in [-0.05, 0) is 36.2 Å². The number of aromatic nitrogens is 1. The zero-order chi connectivity index (χ0) is 15.7. The summed E-state index contributed by atoms with van der Waals surface area (Å²) in [4.78, 5) is 2.14. The molecular weight excluding hydrogens is 341 g/mol. The first kappa shape index (κ1) is 15.6. The number of anilines is 1. The predicted octanol–water partition coefficient (Wildman–Crippen LogP) is 4.29. The van der Waals surface area contributed by atoms with Crippen LogP contribution in [0.5, 0.6) is 0 Å². The molecule has 114 valence electrons. The van der Waals surface area contributed by atoms with Crippen LogP contribution >= 0.6 is 34.7 Å². The molecule has 2 heterocycles. The molecule has 1 aliphatic heterocycles. The minimum atomic E-state index is -0.0951. The molecule has 1 fully saturated rings. The molecule has 0 bridgehead atoms. The Labute approximate surface area is 143 Å². The van der Waals surface area contributed by atoms with Gasteiger partial charge in [0.2, 0.25) is 0 Å². The molecular formula is C15H13Cl2N3OS. The zero-order valence-electron chi connectivity index (χ0n) is 11.8. The molecule has 2 unspecified atom stereocenters. The average molecular weight is 354 g/mol. The van der Waals surface area contributed by atoms with Gasteiger partial charge in [-0.15, -0.1) is 0 Å². The first-order valence-corrected chi connectivity index (χ1v) is 8.32. The fraction of sp³-hybridized carbons (Fsp3) is 0.333. The van der Waals surface area contributed by atoms with E-state index >= 15 is 0 Å². The van der Waals surface area contributed by atoms with Gasteiger partial charge in [-0.25, -0.2) is 0 Å². The molecule has 1 aromatic carbocycles. The predicted molar refractivity (Wildman–Crippen MR) is 88.8 cm³/mol. The van der Waals surface area contributed by atoms with E-state index in [0.29, 0.717) is 23.7 Å². The summed E-state index contributed by atoms with van der Waals surface area (Å²) in [6.45, 7) is 3.26. The summed E-state index contributed by atoms with van der Waals surface area (Å²) < 4.78 is 10.0. The van der Waals surface area contributed by atoms with Crippen molar-refractivity contribution in [3.8, 4) is 6.07 Å². The maximum atomic E-state index is 9.28. The van der Waals surface area contributed by atoms with Crippen LogP contribution in [0.1, 0.15) is 24.2 Å². The highest BCUT2D eigenvalue weighted by Crippen LogP contribution is 2.36. The number of nitrogens with zero attached hydrogens (tertiary/aromatic N) is 3. The third-order valence-electron chi connectivity index (χ3n) is 3.66. The summed E-state index contributed by atoms with van der Waals surface area (Å²) in [7, 11) is 0. The van der Waals surface area contributed by atoms with Gasteiger partial charge in [0.1, 0.15) is 22.7 Å². The Kier molecular flexibility index (Phi) is 4.55. The van der Waals surface area contributed by atoms with Crippen molar-refractivity contribution in [3.05, 3.63) is 45.6 Å². The van der Waals surface area contributed by atoms with Gasteiger partial charge < -0.3 is 9.64 Å². The molecule has 0 saturated carbocycles. The van der Waals surface area contributed by atoms with Crippen LogP contribution in [0, 0.1) is 11.3 Å². The first-order valence-electron chi connectivity index (χ1n) is 6.79. The summed E-state index contributed by atoms with van der Waals surface area (Å²) in [5, 5.41) is 11.0. The highest BCUT2D eigenvalue weighted by atomic mass is 35.5. The maximum Gasteiger partial charge on any atom is 0.162 e. The number of benzene rings is 1. The minimum Gasteiger partial charge on any atom is -0.370 e. The SMILES string of the molecule is CC1COC(c2cccc(Cl)c2)CN1c1snc(Cl)c1C#N. The van der Waals surface area contributed by atoms with Crippen molar-refractivity contribution in [3.63, 3.8) is 0 Å². The molecule has 0 aliphatic carbocycles. The van der Waals surface area contributed by atoms with E-state index in [0.717, 1.165) is 10.6 Å². The third kappa shape index (κ3) is 2.92. The van der Waals surface area contributed by atoms with Gasteiger partial charge >= 0.3 is 0 Å². The summed E-state index contributed by atoms with van der Waals surface area (Å²) in [6, 6.07) is 9.94. The molecule has 1 aromatic heterocycles. The Morgan fingerprint density at radius 2 is 2.27 bits per heavy atom. The van der Waals surface area contributed by atoms with E-state index in [9.17, 15) is 5.26 Å². The number of hydrogen-bond donors (Lipinski definition) is 0. The van der Waals surface area contributed by atoms with Crippen molar-refractivity contribution in [1.82, 2.24) is 4.37 Å². The lowest BCUT2D eigenvalue weighted by Crippen LogP contribution is -2.45. The lowest BCUT2D eigenvalue weighted by atomic mass is 10.1. The molecule has 1 saturated heterocycles. The quantitative estimate of drug-likeness (QED) is 0.807. The highest BCUT2D eigenvalue weighted by Gasteiger charge is 2.31. The monoisotopic (exact) mass is 353 g/mol. The normalized spacial score (nSPS) is 21.6. The number of rotatable bonds is 2. The minimum absolute atomic E-state index is 0.0951. The van der Waals surface area contributed by atoms with E-state index in [1.807, 2.05) is 24.3 Å². The Bertz CT molecular complexity index is 728. The van der Waals surface area contributed by atoms with Crippen LogP contribution in [0.15, 0.2) is 24.3 Å². The van der Waals surface area contributed by atoms with E-state index in [2.05, 4.69) is 22.3 Å². The van der Waals surface area contributed by atoms with Gasteiger partial charge in [0.05, 0.1) is 12.6 Å². The van der Waals surface area contributed by atoms with Crippen LogP contribution in [-0.2, 0) is 4.74 Å². The Balaban J connectivity index is 1.90. The molecule has 0 N–H and O–H groups in total. The second kappa shape index (κ2) is 6.43. The van der Waals surface area contributed by atoms with Crippen LogP contribution in [0.25, 0.3) is 0 Å². The van der Waals surface area contributed by atoms with Gasteiger partial charge in [-0.3, -0.25) is 0 Å². The Morgan fingerprint density at radius 1 is 1.45 bits per heavy atom. The third-order valence-corrected chi connectivity index (χ3v) is 5.15. The average Bonchev–Trinajstić information content (AvgIpc) is 2.88. The fourth-order valence-corrected chi connectivity index (χ4v) is 3.84.